The third-order valence-corrected chi connectivity index (χ3v) is 6.23. The number of fused-ring (bicyclic) bond motifs is 1. The number of amides is 1. The van der Waals surface area contributed by atoms with Crippen molar-refractivity contribution in [3.05, 3.63) is 65.9 Å². The Morgan fingerprint density at radius 3 is 2.73 bits per heavy atom. The smallest absolute Gasteiger partial charge is 0.417 e. The lowest BCUT2D eigenvalue weighted by Crippen LogP contribution is -2.48. The van der Waals surface area contributed by atoms with E-state index in [2.05, 4.69) is 15.1 Å². The number of hydrogen-bond acceptors (Lipinski definition) is 5. The van der Waals surface area contributed by atoms with Gasteiger partial charge in [-0.2, -0.15) is 18.3 Å². The molecule has 1 saturated carbocycles. The van der Waals surface area contributed by atoms with Gasteiger partial charge in [-0.15, -0.1) is 0 Å². The maximum atomic E-state index is 13.6. The minimum atomic E-state index is -4.45. The van der Waals surface area contributed by atoms with E-state index in [0.29, 0.717) is 29.8 Å². The van der Waals surface area contributed by atoms with Gasteiger partial charge in [0.05, 0.1) is 17.3 Å². The number of aromatic nitrogens is 4. The number of pyridine rings is 2. The molecule has 2 fully saturated rings. The monoisotopic (exact) mass is 457 g/mol. The highest BCUT2D eigenvalue weighted by molar-refractivity contribution is 5.96. The molecule has 1 saturated heterocycles. The van der Waals surface area contributed by atoms with Crippen molar-refractivity contribution < 1.29 is 22.7 Å². The largest absolute Gasteiger partial charge is 0.475 e. The second-order valence-electron chi connectivity index (χ2n) is 8.57. The SMILES string of the molecule is Cc1ccc(-n2cccn2)c(C(=O)N2C[C@@H]3CC3C[C@H]2COc2ccc(C(F)(F)F)cn2)n1. The van der Waals surface area contributed by atoms with Crippen LogP contribution < -0.4 is 4.74 Å². The Hall–Kier alpha value is -3.43. The third-order valence-electron chi connectivity index (χ3n) is 6.23. The van der Waals surface area contributed by atoms with Gasteiger partial charge in [0.1, 0.15) is 6.61 Å². The quantitative estimate of drug-likeness (QED) is 0.581. The van der Waals surface area contributed by atoms with Crippen LogP contribution in [0.4, 0.5) is 13.2 Å². The maximum Gasteiger partial charge on any atom is 0.417 e. The minimum Gasteiger partial charge on any atom is -0.475 e. The molecule has 172 valence electrons. The van der Waals surface area contributed by atoms with E-state index in [0.717, 1.165) is 30.8 Å². The first kappa shape index (κ1) is 21.4. The zero-order valence-corrected chi connectivity index (χ0v) is 17.9. The van der Waals surface area contributed by atoms with E-state index in [1.807, 2.05) is 19.1 Å². The summed E-state index contributed by atoms with van der Waals surface area (Å²) in [6, 6.07) is 7.35. The topological polar surface area (TPSA) is 73.1 Å². The fourth-order valence-electron chi connectivity index (χ4n) is 4.36. The van der Waals surface area contributed by atoms with Crippen molar-refractivity contribution in [3.63, 3.8) is 0 Å². The molecular formula is C23H22F3N5O2. The molecule has 3 aromatic heterocycles. The molecule has 0 radical (unpaired) electrons. The van der Waals surface area contributed by atoms with E-state index in [1.165, 1.54) is 6.07 Å². The lowest BCUT2D eigenvalue weighted by atomic mass is 10.0. The number of carbonyl (C=O) groups excluding carboxylic acids is 1. The van der Waals surface area contributed by atoms with Crippen molar-refractivity contribution in [2.45, 2.75) is 32.0 Å². The Bertz CT molecular complexity index is 1150. The predicted molar refractivity (Wildman–Crippen MR) is 112 cm³/mol. The van der Waals surface area contributed by atoms with E-state index < -0.39 is 11.7 Å². The molecular weight excluding hydrogens is 435 g/mol. The van der Waals surface area contributed by atoms with Crippen molar-refractivity contribution in [2.24, 2.45) is 11.8 Å². The van der Waals surface area contributed by atoms with Crippen molar-refractivity contribution in [1.29, 1.82) is 0 Å². The van der Waals surface area contributed by atoms with Crippen LogP contribution in [-0.4, -0.2) is 49.7 Å². The normalized spacial score (nSPS) is 22.1. The number of ether oxygens (including phenoxy) is 1. The molecule has 4 heterocycles. The lowest BCUT2D eigenvalue weighted by molar-refractivity contribution is -0.137. The summed E-state index contributed by atoms with van der Waals surface area (Å²) in [6.45, 7) is 2.58. The summed E-state index contributed by atoms with van der Waals surface area (Å²) in [4.78, 5) is 23.7. The number of hydrogen-bond donors (Lipinski definition) is 0. The number of alkyl halides is 3. The van der Waals surface area contributed by atoms with Gasteiger partial charge in [-0.05, 0) is 55.9 Å². The molecule has 0 bridgehead atoms. The number of likely N-dealkylation sites (tertiary alicyclic amines) is 1. The van der Waals surface area contributed by atoms with Gasteiger partial charge >= 0.3 is 6.18 Å². The molecule has 10 heteroatoms. The van der Waals surface area contributed by atoms with Crippen LogP contribution in [0.15, 0.2) is 48.9 Å². The molecule has 1 aliphatic carbocycles. The molecule has 1 amide bonds. The number of rotatable bonds is 5. The van der Waals surface area contributed by atoms with Crippen LogP contribution in [0.2, 0.25) is 0 Å². The van der Waals surface area contributed by atoms with Crippen molar-refractivity contribution in [1.82, 2.24) is 24.6 Å². The average molecular weight is 457 g/mol. The Balaban J connectivity index is 1.36. The number of carbonyl (C=O) groups is 1. The first-order valence-corrected chi connectivity index (χ1v) is 10.7. The van der Waals surface area contributed by atoms with Crippen molar-refractivity contribution in [3.8, 4) is 11.6 Å². The summed E-state index contributed by atoms with van der Waals surface area (Å²) in [5.41, 5.74) is 0.798. The molecule has 1 aliphatic heterocycles. The zero-order valence-electron chi connectivity index (χ0n) is 17.9. The third kappa shape index (κ3) is 4.42. The van der Waals surface area contributed by atoms with E-state index >= 15 is 0 Å². The predicted octanol–water partition coefficient (Wildman–Crippen LogP) is 3.92. The summed E-state index contributed by atoms with van der Waals surface area (Å²) < 4.78 is 45.6. The Morgan fingerprint density at radius 1 is 1.18 bits per heavy atom. The van der Waals surface area contributed by atoms with Crippen LogP contribution in [-0.2, 0) is 6.18 Å². The average Bonchev–Trinajstić information content (AvgIpc) is 3.34. The fourth-order valence-corrected chi connectivity index (χ4v) is 4.36. The number of halogens is 3. The van der Waals surface area contributed by atoms with E-state index in [9.17, 15) is 18.0 Å². The molecule has 0 N–H and O–H groups in total. The second kappa shape index (κ2) is 8.17. The molecule has 1 unspecified atom stereocenters. The summed E-state index contributed by atoms with van der Waals surface area (Å²) in [5.74, 6) is 0.898. The summed E-state index contributed by atoms with van der Waals surface area (Å²) in [5, 5.41) is 4.24. The van der Waals surface area contributed by atoms with E-state index in [4.69, 9.17) is 4.74 Å². The van der Waals surface area contributed by atoms with Crippen LogP contribution >= 0.6 is 0 Å². The molecule has 0 aromatic carbocycles. The maximum absolute atomic E-state index is 13.6. The Labute approximate surface area is 188 Å². The molecule has 0 spiro atoms. The Morgan fingerprint density at radius 2 is 2.03 bits per heavy atom. The van der Waals surface area contributed by atoms with Gasteiger partial charge in [0.2, 0.25) is 5.88 Å². The highest BCUT2D eigenvalue weighted by atomic mass is 19.4. The van der Waals surface area contributed by atoms with Gasteiger partial charge in [-0.25, -0.2) is 14.6 Å². The standard InChI is InChI=1S/C23H22F3N5O2/c1-14-3-5-19(31-8-2-7-28-31)21(29-14)22(32)30-12-16-9-15(16)10-18(30)13-33-20-6-4-17(11-27-20)23(24,25)26/h2-8,11,15-16,18H,9-10,12-13H2,1H3/t15?,16-,18-/m0/s1. The first-order chi connectivity index (χ1) is 15.8. The molecule has 33 heavy (non-hydrogen) atoms. The lowest BCUT2D eigenvalue weighted by Gasteiger charge is -2.35. The van der Waals surface area contributed by atoms with Crippen molar-refractivity contribution in [2.75, 3.05) is 13.2 Å². The molecule has 2 aliphatic rings. The van der Waals surface area contributed by atoms with Gasteiger partial charge in [0, 0.05) is 36.9 Å². The van der Waals surface area contributed by atoms with Gasteiger partial charge in [0.25, 0.3) is 5.91 Å². The zero-order chi connectivity index (χ0) is 23.2. The van der Waals surface area contributed by atoms with Gasteiger partial charge in [-0.3, -0.25) is 4.79 Å². The number of piperidine rings is 1. The summed E-state index contributed by atoms with van der Waals surface area (Å²) in [7, 11) is 0. The van der Waals surface area contributed by atoms with Crippen LogP contribution in [0, 0.1) is 18.8 Å². The van der Waals surface area contributed by atoms with Crippen LogP contribution in [0.25, 0.3) is 5.69 Å². The highest BCUT2D eigenvalue weighted by Crippen LogP contribution is 2.47. The van der Waals surface area contributed by atoms with Crippen LogP contribution in [0.5, 0.6) is 5.88 Å². The first-order valence-electron chi connectivity index (χ1n) is 10.7. The van der Waals surface area contributed by atoms with Crippen molar-refractivity contribution >= 4 is 5.91 Å². The molecule has 3 aromatic rings. The summed E-state index contributed by atoms with van der Waals surface area (Å²) >= 11 is 0. The number of aryl methyl sites for hydroxylation is 1. The molecule has 7 nitrogen and oxygen atoms in total. The van der Waals surface area contributed by atoms with Crippen LogP contribution in [0.3, 0.4) is 0 Å². The summed E-state index contributed by atoms with van der Waals surface area (Å²) in [6.07, 6.45) is 1.53. The Kier molecular flexibility index (Phi) is 5.30. The number of nitrogens with zero attached hydrogens (tertiary/aromatic N) is 5. The fraction of sp³-hybridized carbons (Fsp3) is 0.391. The highest BCUT2D eigenvalue weighted by Gasteiger charge is 2.48. The minimum absolute atomic E-state index is 0.0965. The van der Waals surface area contributed by atoms with Gasteiger partial charge < -0.3 is 9.64 Å². The van der Waals surface area contributed by atoms with Crippen LogP contribution in [0.1, 0.15) is 34.6 Å². The van der Waals surface area contributed by atoms with E-state index in [-0.39, 0.29) is 24.4 Å². The molecule has 5 rings (SSSR count). The van der Waals surface area contributed by atoms with Gasteiger partial charge in [0.15, 0.2) is 5.69 Å². The second-order valence-corrected chi connectivity index (χ2v) is 8.57. The van der Waals surface area contributed by atoms with Gasteiger partial charge in [-0.1, -0.05) is 0 Å². The van der Waals surface area contributed by atoms with E-state index in [1.54, 1.807) is 28.0 Å². The molecule has 3 atom stereocenters.